The molecular weight excluding hydrogens is 288 g/mol. The van der Waals surface area contributed by atoms with Crippen LogP contribution in [0.4, 0.5) is 0 Å². The molecule has 1 fully saturated rings. The van der Waals surface area contributed by atoms with Crippen LogP contribution in [0.1, 0.15) is 80.8 Å². The minimum Gasteiger partial charge on any atom is -0.491 e. The molecule has 128 valence electrons. The van der Waals surface area contributed by atoms with E-state index in [1.807, 2.05) is 26.8 Å². The van der Waals surface area contributed by atoms with Crippen LogP contribution in [0.2, 0.25) is 0 Å². The second-order valence-corrected chi connectivity index (χ2v) is 7.67. The number of hydrogen-bond acceptors (Lipinski definition) is 3. The molecule has 0 heterocycles. The second-order valence-electron chi connectivity index (χ2n) is 7.67. The minimum absolute atomic E-state index is 0.0443. The molecule has 1 aliphatic rings. The van der Waals surface area contributed by atoms with Gasteiger partial charge in [0.05, 0.1) is 6.10 Å². The van der Waals surface area contributed by atoms with Gasteiger partial charge in [-0.1, -0.05) is 13.0 Å². The van der Waals surface area contributed by atoms with E-state index >= 15 is 0 Å². The first-order valence-corrected chi connectivity index (χ1v) is 8.69. The van der Waals surface area contributed by atoms with Gasteiger partial charge < -0.3 is 9.84 Å². The third-order valence-corrected chi connectivity index (χ3v) is 5.10. The van der Waals surface area contributed by atoms with Gasteiger partial charge in [-0.25, -0.2) is 0 Å². The van der Waals surface area contributed by atoms with E-state index in [4.69, 9.17) is 4.74 Å². The Labute approximate surface area is 140 Å². The number of aliphatic hydroxyl groups excluding tert-OH is 1. The van der Waals surface area contributed by atoms with Crippen LogP contribution in [-0.4, -0.2) is 23.6 Å². The van der Waals surface area contributed by atoms with Gasteiger partial charge in [-0.3, -0.25) is 4.79 Å². The highest BCUT2D eigenvalue weighted by atomic mass is 16.5. The summed E-state index contributed by atoms with van der Waals surface area (Å²) in [4.78, 5) is 12.1. The smallest absolute Gasteiger partial charge is 0.160 e. The van der Waals surface area contributed by atoms with Crippen molar-refractivity contribution in [2.75, 3.05) is 6.61 Å². The number of rotatable bonds is 5. The van der Waals surface area contributed by atoms with Gasteiger partial charge in [0.25, 0.3) is 0 Å². The maximum atomic E-state index is 12.1. The quantitative estimate of drug-likeness (QED) is 0.804. The maximum absolute atomic E-state index is 12.1. The Kier molecular flexibility index (Phi) is 5.51. The Balaban J connectivity index is 2.31. The van der Waals surface area contributed by atoms with Crippen LogP contribution in [-0.2, 0) is 0 Å². The van der Waals surface area contributed by atoms with E-state index in [1.165, 1.54) is 0 Å². The molecule has 1 aromatic rings. The van der Waals surface area contributed by atoms with Crippen LogP contribution in [0.25, 0.3) is 0 Å². The fraction of sp³-hybridized carbons (Fsp3) is 0.650. The number of ketones is 1. The molecule has 0 amide bonds. The predicted octanol–water partition coefficient (Wildman–Crippen LogP) is 4.64. The Morgan fingerprint density at radius 2 is 1.96 bits per heavy atom. The van der Waals surface area contributed by atoms with E-state index in [2.05, 4.69) is 13.0 Å². The number of aliphatic hydroxyl groups is 1. The largest absolute Gasteiger partial charge is 0.491 e. The van der Waals surface area contributed by atoms with Gasteiger partial charge in [0.2, 0.25) is 0 Å². The molecule has 1 N–H and O–H groups in total. The first-order valence-electron chi connectivity index (χ1n) is 8.69. The van der Waals surface area contributed by atoms with Crippen molar-refractivity contribution in [2.24, 2.45) is 5.41 Å². The van der Waals surface area contributed by atoms with Gasteiger partial charge in [0.1, 0.15) is 5.75 Å². The zero-order valence-electron chi connectivity index (χ0n) is 15.1. The van der Waals surface area contributed by atoms with Crippen LogP contribution >= 0.6 is 0 Å². The lowest BCUT2D eigenvalue weighted by molar-refractivity contribution is 0.0926. The highest BCUT2D eigenvalue weighted by Gasteiger charge is 2.32. The summed E-state index contributed by atoms with van der Waals surface area (Å²) in [6.45, 7) is 10.1. The van der Waals surface area contributed by atoms with Crippen molar-refractivity contribution in [2.45, 2.75) is 72.3 Å². The van der Waals surface area contributed by atoms with E-state index in [0.717, 1.165) is 48.1 Å². The maximum Gasteiger partial charge on any atom is 0.160 e. The van der Waals surface area contributed by atoms with Crippen LogP contribution in [0.3, 0.4) is 0 Å². The highest BCUT2D eigenvalue weighted by Crippen LogP contribution is 2.44. The average Bonchev–Trinajstić information content (AvgIpc) is 2.49. The first-order chi connectivity index (χ1) is 10.8. The van der Waals surface area contributed by atoms with Crippen molar-refractivity contribution in [3.05, 3.63) is 28.8 Å². The number of hydrogen-bond donors (Lipinski definition) is 1. The van der Waals surface area contributed by atoms with Crippen molar-refractivity contribution in [3.63, 3.8) is 0 Å². The standard InChI is InChI=1S/C20H30O3/c1-13(2)23-19-11-17(15(4)22)18(10-14(19)3)16-6-8-20(5,12-21)9-7-16/h10-11,13,16,21H,6-9,12H2,1-5H3. The highest BCUT2D eigenvalue weighted by molar-refractivity contribution is 5.96. The normalized spacial score (nSPS) is 24.7. The Hall–Kier alpha value is -1.35. The summed E-state index contributed by atoms with van der Waals surface area (Å²) >= 11 is 0. The first kappa shape index (κ1) is 18.0. The monoisotopic (exact) mass is 318 g/mol. The third-order valence-electron chi connectivity index (χ3n) is 5.10. The SMILES string of the molecule is CC(=O)c1cc(OC(C)C)c(C)cc1C1CCC(C)(CO)CC1. The molecule has 0 aromatic heterocycles. The summed E-state index contributed by atoms with van der Waals surface area (Å²) in [6.07, 6.45) is 4.17. The average molecular weight is 318 g/mol. The lowest BCUT2D eigenvalue weighted by Gasteiger charge is -2.36. The summed E-state index contributed by atoms with van der Waals surface area (Å²) in [5.41, 5.74) is 3.09. The lowest BCUT2D eigenvalue weighted by Crippen LogP contribution is -2.27. The number of carbonyl (C=O) groups excluding carboxylic acids is 1. The molecular formula is C20H30O3. The Morgan fingerprint density at radius 3 is 2.43 bits per heavy atom. The lowest BCUT2D eigenvalue weighted by atomic mass is 9.69. The number of carbonyl (C=O) groups is 1. The van der Waals surface area contributed by atoms with Gasteiger partial charge in [0, 0.05) is 12.2 Å². The van der Waals surface area contributed by atoms with Crippen molar-refractivity contribution in [1.29, 1.82) is 0 Å². The summed E-state index contributed by atoms with van der Waals surface area (Å²) in [5.74, 6) is 1.31. The molecule has 1 saturated carbocycles. The molecule has 0 bridgehead atoms. The summed E-state index contributed by atoms with van der Waals surface area (Å²) in [7, 11) is 0. The van der Waals surface area contributed by atoms with E-state index in [1.54, 1.807) is 6.92 Å². The van der Waals surface area contributed by atoms with E-state index in [-0.39, 0.29) is 23.9 Å². The molecule has 0 spiro atoms. The Morgan fingerprint density at radius 1 is 1.35 bits per heavy atom. The fourth-order valence-electron chi connectivity index (χ4n) is 3.52. The van der Waals surface area contributed by atoms with E-state index < -0.39 is 0 Å². The van der Waals surface area contributed by atoms with Crippen molar-refractivity contribution in [3.8, 4) is 5.75 Å². The Bertz CT molecular complexity index is 566. The zero-order chi connectivity index (χ0) is 17.2. The zero-order valence-corrected chi connectivity index (χ0v) is 15.1. The van der Waals surface area contributed by atoms with Crippen LogP contribution < -0.4 is 4.74 Å². The molecule has 3 nitrogen and oxygen atoms in total. The number of benzene rings is 1. The topological polar surface area (TPSA) is 46.5 Å². The van der Waals surface area contributed by atoms with Gasteiger partial charge in [0.15, 0.2) is 5.78 Å². The van der Waals surface area contributed by atoms with Crippen LogP contribution in [0.5, 0.6) is 5.75 Å². The molecule has 1 aliphatic carbocycles. The summed E-state index contributed by atoms with van der Waals surface area (Å²) in [6, 6.07) is 4.06. The summed E-state index contributed by atoms with van der Waals surface area (Å²) in [5, 5.41) is 9.54. The second kappa shape index (κ2) is 7.04. The molecule has 3 heteroatoms. The molecule has 0 radical (unpaired) electrons. The molecule has 0 atom stereocenters. The molecule has 2 rings (SSSR count). The third kappa shape index (κ3) is 4.14. The van der Waals surface area contributed by atoms with Crippen molar-refractivity contribution < 1.29 is 14.6 Å². The van der Waals surface area contributed by atoms with Gasteiger partial charge >= 0.3 is 0 Å². The molecule has 0 unspecified atom stereocenters. The number of aryl methyl sites for hydroxylation is 1. The minimum atomic E-state index is 0.0443. The van der Waals surface area contributed by atoms with E-state index in [9.17, 15) is 9.90 Å². The molecule has 0 saturated heterocycles. The van der Waals surface area contributed by atoms with Gasteiger partial charge in [-0.15, -0.1) is 0 Å². The van der Waals surface area contributed by atoms with Crippen molar-refractivity contribution >= 4 is 5.78 Å². The molecule has 0 aliphatic heterocycles. The van der Waals surface area contributed by atoms with Gasteiger partial charge in [-0.2, -0.15) is 0 Å². The fourth-order valence-corrected chi connectivity index (χ4v) is 3.52. The predicted molar refractivity (Wildman–Crippen MR) is 93.3 cm³/mol. The van der Waals surface area contributed by atoms with Crippen LogP contribution in [0, 0.1) is 12.3 Å². The number of ether oxygens (including phenoxy) is 1. The number of Topliss-reactive ketones (excluding diaryl/α,β-unsaturated/α-hetero) is 1. The van der Waals surface area contributed by atoms with Crippen molar-refractivity contribution in [1.82, 2.24) is 0 Å². The molecule has 1 aromatic carbocycles. The molecule has 23 heavy (non-hydrogen) atoms. The summed E-state index contributed by atoms with van der Waals surface area (Å²) < 4.78 is 5.84. The van der Waals surface area contributed by atoms with Crippen LogP contribution in [0.15, 0.2) is 12.1 Å². The van der Waals surface area contributed by atoms with Gasteiger partial charge in [-0.05, 0) is 81.9 Å². The van der Waals surface area contributed by atoms with E-state index in [0.29, 0.717) is 5.92 Å².